The highest BCUT2D eigenvalue weighted by atomic mass is 32.1. The summed E-state index contributed by atoms with van der Waals surface area (Å²) in [6.45, 7) is 2.26. The summed E-state index contributed by atoms with van der Waals surface area (Å²) in [7, 11) is 1.70. The van der Waals surface area contributed by atoms with Crippen LogP contribution in [0.4, 0.5) is 0 Å². The van der Waals surface area contributed by atoms with Crippen molar-refractivity contribution in [2.24, 2.45) is 5.73 Å². The standard InChI is InChI=1S/C15H27NOS/c1-3-4-5-6-7-8-9-10-14(16)15-11-13(17-2)12-18-15/h11-12,14H,3-10,16H2,1-2H3. The lowest BCUT2D eigenvalue weighted by atomic mass is 10.0. The van der Waals surface area contributed by atoms with E-state index < -0.39 is 0 Å². The minimum Gasteiger partial charge on any atom is -0.496 e. The van der Waals surface area contributed by atoms with Crippen molar-refractivity contribution in [3.63, 3.8) is 0 Å². The molecule has 0 saturated heterocycles. The Hall–Kier alpha value is -0.540. The van der Waals surface area contributed by atoms with E-state index in [0.717, 1.165) is 12.2 Å². The number of hydrogen-bond donors (Lipinski definition) is 1. The second-order valence-electron chi connectivity index (χ2n) is 4.91. The molecule has 0 aliphatic carbocycles. The molecule has 0 fully saturated rings. The maximum Gasteiger partial charge on any atom is 0.129 e. The SMILES string of the molecule is CCCCCCCCCC(N)c1cc(OC)cs1. The average Bonchev–Trinajstić information content (AvgIpc) is 2.86. The lowest BCUT2D eigenvalue weighted by molar-refractivity contribution is 0.416. The fraction of sp³-hybridized carbons (Fsp3) is 0.733. The van der Waals surface area contributed by atoms with Crippen molar-refractivity contribution in [3.05, 3.63) is 16.3 Å². The first-order chi connectivity index (χ1) is 8.77. The van der Waals surface area contributed by atoms with Crippen LogP contribution >= 0.6 is 11.3 Å². The molecule has 0 spiro atoms. The number of rotatable bonds is 10. The van der Waals surface area contributed by atoms with Crippen LogP contribution < -0.4 is 10.5 Å². The average molecular weight is 269 g/mol. The van der Waals surface area contributed by atoms with E-state index in [1.807, 2.05) is 5.38 Å². The molecule has 18 heavy (non-hydrogen) atoms. The predicted molar refractivity (Wildman–Crippen MR) is 80.4 cm³/mol. The highest BCUT2D eigenvalue weighted by Gasteiger charge is 2.08. The fourth-order valence-electron chi connectivity index (χ4n) is 2.10. The Morgan fingerprint density at radius 2 is 1.83 bits per heavy atom. The molecule has 0 amide bonds. The zero-order chi connectivity index (χ0) is 13.2. The highest BCUT2D eigenvalue weighted by Crippen LogP contribution is 2.28. The third kappa shape index (κ3) is 5.87. The monoisotopic (exact) mass is 269 g/mol. The predicted octanol–water partition coefficient (Wildman–Crippen LogP) is 4.90. The summed E-state index contributed by atoms with van der Waals surface area (Å²) in [5.74, 6) is 0.935. The van der Waals surface area contributed by atoms with E-state index in [1.54, 1.807) is 18.4 Å². The Bertz CT molecular complexity index is 311. The first-order valence-electron chi connectivity index (χ1n) is 7.16. The molecule has 2 nitrogen and oxygen atoms in total. The van der Waals surface area contributed by atoms with Crippen molar-refractivity contribution < 1.29 is 4.74 Å². The van der Waals surface area contributed by atoms with Crippen LogP contribution in [0.5, 0.6) is 5.75 Å². The molecule has 1 aromatic heterocycles. The topological polar surface area (TPSA) is 35.2 Å². The van der Waals surface area contributed by atoms with Crippen LogP contribution in [0.25, 0.3) is 0 Å². The van der Waals surface area contributed by atoms with Gasteiger partial charge in [0.25, 0.3) is 0 Å². The van der Waals surface area contributed by atoms with Gasteiger partial charge in [0.2, 0.25) is 0 Å². The molecule has 0 aromatic carbocycles. The molecule has 1 heterocycles. The second-order valence-corrected chi connectivity index (χ2v) is 5.85. The summed E-state index contributed by atoms with van der Waals surface area (Å²) < 4.78 is 5.18. The summed E-state index contributed by atoms with van der Waals surface area (Å²) in [5.41, 5.74) is 6.18. The quantitative estimate of drug-likeness (QED) is 0.613. The van der Waals surface area contributed by atoms with Gasteiger partial charge in [-0.15, -0.1) is 11.3 Å². The largest absolute Gasteiger partial charge is 0.496 e. The highest BCUT2D eigenvalue weighted by molar-refractivity contribution is 7.10. The van der Waals surface area contributed by atoms with Crippen LogP contribution in [0.3, 0.4) is 0 Å². The molecule has 0 bridgehead atoms. The summed E-state index contributed by atoms with van der Waals surface area (Å²) in [6.07, 6.45) is 10.5. The van der Waals surface area contributed by atoms with Crippen LogP contribution in [0.1, 0.15) is 69.2 Å². The van der Waals surface area contributed by atoms with Crippen molar-refractivity contribution in [2.45, 2.75) is 64.3 Å². The summed E-state index contributed by atoms with van der Waals surface area (Å²) in [5, 5.41) is 2.03. The minimum atomic E-state index is 0.189. The van der Waals surface area contributed by atoms with E-state index in [1.165, 1.54) is 49.8 Å². The summed E-state index contributed by atoms with van der Waals surface area (Å²) in [6, 6.07) is 2.26. The van der Waals surface area contributed by atoms with Gasteiger partial charge in [-0.1, -0.05) is 51.9 Å². The number of hydrogen-bond acceptors (Lipinski definition) is 3. The lowest BCUT2D eigenvalue weighted by Crippen LogP contribution is -2.08. The van der Waals surface area contributed by atoms with Crippen LogP contribution in [0.15, 0.2) is 11.4 Å². The summed E-state index contributed by atoms with van der Waals surface area (Å²) >= 11 is 1.71. The zero-order valence-electron chi connectivity index (χ0n) is 11.8. The molecular formula is C15H27NOS. The Balaban J connectivity index is 2.08. The van der Waals surface area contributed by atoms with Gasteiger partial charge in [-0.05, 0) is 12.5 Å². The molecule has 104 valence electrons. The molecule has 0 radical (unpaired) electrons. The minimum absolute atomic E-state index is 0.189. The van der Waals surface area contributed by atoms with Crippen LogP contribution in [0.2, 0.25) is 0 Å². The third-order valence-electron chi connectivity index (χ3n) is 3.32. The van der Waals surface area contributed by atoms with Crippen molar-refractivity contribution >= 4 is 11.3 Å². The zero-order valence-corrected chi connectivity index (χ0v) is 12.6. The van der Waals surface area contributed by atoms with E-state index in [-0.39, 0.29) is 6.04 Å². The second kappa shape index (κ2) is 9.40. The normalized spacial score (nSPS) is 12.6. The van der Waals surface area contributed by atoms with Crippen LogP contribution in [-0.4, -0.2) is 7.11 Å². The van der Waals surface area contributed by atoms with Gasteiger partial charge in [-0.25, -0.2) is 0 Å². The van der Waals surface area contributed by atoms with Gasteiger partial charge in [-0.2, -0.15) is 0 Å². The van der Waals surface area contributed by atoms with Gasteiger partial charge in [0.05, 0.1) is 7.11 Å². The number of unbranched alkanes of at least 4 members (excludes halogenated alkanes) is 6. The summed E-state index contributed by atoms with van der Waals surface area (Å²) in [4.78, 5) is 1.25. The van der Waals surface area contributed by atoms with Crippen molar-refractivity contribution in [2.75, 3.05) is 7.11 Å². The van der Waals surface area contributed by atoms with E-state index >= 15 is 0 Å². The van der Waals surface area contributed by atoms with Crippen LogP contribution in [0, 0.1) is 0 Å². The molecule has 0 aliphatic rings. The molecular weight excluding hydrogens is 242 g/mol. The molecule has 1 rings (SSSR count). The van der Waals surface area contributed by atoms with Gasteiger partial charge in [0.1, 0.15) is 5.75 Å². The number of nitrogens with two attached hydrogens (primary N) is 1. The number of methoxy groups -OCH3 is 1. The van der Waals surface area contributed by atoms with Gasteiger partial charge < -0.3 is 10.5 Å². The van der Waals surface area contributed by atoms with E-state index in [0.29, 0.717) is 0 Å². The molecule has 1 unspecified atom stereocenters. The molecule has 1 atom stereocenters. The fourth-order valence-corrected chi connectivity index (χ4v) is 2.99. The Kier molecular flexibility index (Phi) is 8.10. The van der Waals surface area contributed by atoms with Crippen molar-refractivity contribution in [1.82, 2.24) is 0 Å². The Morgan fingerprint density at radius 3 is 2.44 bits per heavy atom. The van der Waals surface area contributed by atoms with Gasteiger partial charge in [-0.3, -0.25) is 0 Å². The smallest absolute Gasteiger partial charge is 0.129 e. The first-order valence-corrected chi connectivity index (χ1v) is 8.04. The van der Waals surface area contributed by atoms with E-state index in [2.05, 4.69) is 13.0 Å². The van der Waals surface area contributed by atoms with Gasteiger partial charge in [0.15, 0.2) is 0 Å². The maximum absolute atomic E-state index is 6.18. The first kappa shape index (κ1) is 15.5. The Labute approximate surface area is 116 Å². The van der Waals surface area contributed by atoms with Crippen molar-refractivity contribution in [1.29, 1.82) is 0 Å². The van der Waals surface area contributed by atoms with Gasteiger partial charge >= 0.3 is 0 Å². The molecule has 3 heteroatoms. The maximum atomic E-state index is 6.18. The Morgan fingerprint density at radius 1 is 1.17 bits per heavy atom. The number of ether oxygens (including phenoxy) is 1. The van der Waals surface area contributed by atoms with Gasteiger partial charge in [0, 0.05) is 16.3 Å². The molecule has 0 aliphatic heterocycles. The van der Waals surface area contributed by atoms with Crippen molar-refractivity contribution in [3.8, 4) is 5.75 Å². The third-order valence-corrected chi connectivity index (χ3v) is 4.36. The molecule has 0 saturated carbocycles. The molecule has 1 aromatic rings. The van der Waals surface area contributed by atoms with E-state index in [4.69, 9.17) is 10.5 Å². The number of thiophene rings is 1. The van der Waals surface area contributed by atoms with Crippen LogP contribution in [-0.2, 0) is 0 Å². The molecule has 2 N–H and O–H groups in total. The lowest BCUT2D eigenvalue weighted by Gasteiger charge is -2.08. The van der Waals surface area contributed by atoms with E-state index in [9.17, 15) is 0 Å².